The molecule has 0 bridgehead atoms. The molecule has 0 atom stereocenters. The van der Waals surface area contributed by atoms with Crippen LogP contribution in [0.2, 0.25) is 5.02 Å². The maximum absolute atomic E-state index is 11.7. The van der Waals surface area contributed by atoms with Gasteiger partial charge in [0.2, 0.25) is 11.8 Å². The number of carbonyl (C=O) groups is 2. The van der Waals surface area contributed by atoms with E-state index in [-0.39, 0.29) is 35.8 Å². The van der Waals surface area contributed by atoms with E-state index < -0.39 is 0 Å². The fourth-order valence-electron chi connectivity index (χ4n) is 2.53. The topological polar surface area (TPSA) is 73.8 Å². The number of imide groups is 1. The maximum Gasteiger partial charge on any atom is 0.229 e. The molecule has 25 heavy (non-hydrogen) atoms. The number of nitrogens with zero attached hydrogens (tertiary/aromatic N) is 2. The molecule has 2 rings (SSSR count). The van der Waals surface area contributed by atoms with Crippen molar-refractivity contribution in [2.45, 2.75) is 25.7 Å². The quantitative estimate of drug-likeness (QED) is 0.285. The summed E-state index contributed by atoms with van der Waals surface area (Å²) in [6, 6.07) is 7.73. The van der Waals surface area contributed by atoms with E-state index in [2.05, 4.69) is 15.6 Å². The van der Waals surface area contributed by atoms with Crippen molar-refractivity contribution >= 4 is 53.4 Å². The molecule has 0 aromatic heterocycles. The van der Waals surface area contributed by atoms with Gasteiger partial charge in [-0.25, -0.2) is 0 Å². The molecule has 0 aliphatic carbocycles. The minimum absolute atomic E-state index is 0. The van der Waals surface area contributed by atoms with Crippen LogP contribution < -0.4 is 10.6 Å². The Labute approximate surface area is 170 Å². The molecule has 1 aliphatic heterocycles. The van der Waals surface area contributed by atoms with E-state index in [0.717, 1.165) is 18.0 Å². The van der Waals surface area contributed by atoms with Gasteiger partial charge in [0.05, 0.1) is 0 Å². The molecule has 1 aromatic carbocycles. The molecule has 1 aliphatic rings. The normalized spacial score (nSPS) is 15.0. The van der Waals surface area contributed by atoms with Crippen molar-refractivity contribution in [3.63, 3.8) is 0 Å². The number of hydrogen-bond donors (Lipinski definition) is 2. The summed E-state index contributed by atoms with van der Waals surface area (Å²) < 4.78 is 0. The van der Waals surface area contributed by atoms with Crippen molar-refractivity contribution in [1.82, 2.24) is 15.5 Å². The van der Waals surface area contributed by atoms with Gasteiger partial charge in [0.15, 0.2) is 5.96 Å². The second-order valence-corrected chi connectivity index (χ2v) is 6.03. The molecule has 1 aromatic rings. The van der Waals surface area contributed by atoms with Crippen molar-refractivity contribution in [3.8, 4) is 0 Å². The number of aliphatic imine (C=N–C) groups is 1. The smallest absolute Gasteiger partial charge is 0.229 e. The minimum atomic E-state index is -0.0845. The summed E-state index contributed by atoms with van der Waals surface area (Å²) in [4.78, 5) is 28.9. The molecule has 1 fully saturated rings. The van der Waals surface area contributed by atoms with Crippen LogP contribution in [0.4, 0.5) is 0 Å². The second-order valence-electron chi connectivity index (χ2n) is 5.59. The Balaban J connectivity index is 0.00000312. The monoisotopic (exact) mass is 478 g/mol. The van der Waals surface area contributed by atoms with Crippen molar-refractivity contribution in [2.24, 2.45) is 4.99 Å². The molecule has 6 nitrogen and oxygen atoms in total. The fourth-order valence-corrected chi connectivity index (χ4v) is 2.66. The summed E-state index contributed by atoms with van der Waals surface area (Å²) in [6.07, 6.45) is 2.43. The molecule has 0 spiro atoms. The summed E-state index contributed by atoms with van der Waals surface area (Å²) in [6.45, 7) is 1.58. The van der Waals surface area contributed by atoms with Crippen LogP contribution in [0, 0.1) is 0 Å². The SMILES string of the molecule is CN=C(NCCc1ccc(Cl)cc1)NCCN1C(=O)CCCC1=O.I. The molecule has 1 heterocycles. The van der Waals surface area contributed by atoms with E-state index in [1.54, 1.807) is 7.05 Å². The van der Waals surface area contributed by atoms with Crippen LogP contribution in [0.1, 0.15) is 24.8 Å². The first-order valence-corrected chi connectivity index (χ1v) is 8.50. The Hall–Kier alpha value is -1.35. The average molecular weight is 479 g/mol. The highest BCUT2D eigenvalue weighted by Gasteiger charge is 2.25. The van der Waals surface area contributed by atoms with Crippen LogP contribution in [-0.4, -0.2) is 49.4 Å². The average Bonchev–Trinajstić information content (AvgIpc) is 2.57. The number of halogens is 2. The van der Waals surface area contributed by atoms with E-state index in [1.807, 2.05) is 24.3 Å². The van der Waals surface area contributed by atoms with Gasteiger partial charge in [-0.1, -0.05) is 23.7 Å². The number of piperidine rings is 1. The number of benzene rings is 1. The number of carbonyl (C=O) groups excluding carboxylic acids is 2. The van der Waals surface area contributed by atoms with Crippen molar-refractivity contribution in [2.75, 3.05) is 26.7 Å². The molecule has 138 valence electrons. The molecule has 0 saturated carbocycles. The first-order valence-electron chi connectivity index (χ1n) is 8.12. The van der Waals surface area contributed by atoms with E-state index in [1.165, 1.54) is 10.5 Å². The largest absolute Gasteiger partial charge is 0.356 e. The lowest BCUT2D eigenvalue weighted by atomic mass is 10.1. The zero-order chi connectivity index (χ0) is 17.4. The standard InChI is InChI=1S/C17H23ClN4O2.HI/c1-19-17(20-10-9-13-5-7-14(18)8-6-13)21-11-12-22-15(23)3-2-4-16(22)24;/h5-8H,2-4,9-12H2,1H3,(H2,19,20,21);1H. The summed E-state index contributed by atoms with van der Waals surface area (Å²) in [5.74, 6) is 0.485. The van der Waals surface area contributed by atoms with Crippen molar-refractivity contribution in [3.05, 3.63) is 34.9 Å². The lowest BCUT2D eigenvalue weighted by Gasteiger charge is -2.25. The third-order valence-corrected chi connectivity index (χ3v) is 4.11. The van der Waals surface area contributed by atoms with Crippen molar-refractivity contribution < 1.29 is 9.59 Å². The molecule has 0 radical (unpaired) electrons. The van der Waals surface area contributed by atoms with Crippen LogP contribution in [0.25, 0.3) is 0 Å². The molecular weight excluding hydrogens is 455 g/mol. The summed E-state index contributed by atoms with van der Waals surface area (Å²) in [5.41, 5.74) is 1.19. The highest BCUT2D eigenvalue weighted by molar-refractivity contribution is 14.0. The van der Waals surface area contributed by atoms with E-state index in [4.69, 9.17) is 11.6 Å². The van der Waals surface area contributed by atoms with Gasteiger partial charge in [0, 0.05) is 44.5 Å². The Morgan fingerprint density at radius 2 is 1.72 bits per heavy atom. The first-order chi connectivity index (χ1) is 11.6. The number of hydrogen-bond acceptors (Lipinski definition) is 3. The number of amides is 2. The maximum atomic E-state index is 11.7. The second kappa shape index (κ2) is 11.3. The minimum Gasteiger partial charge on any atom is -0.356 e. The molecule has 8 heteroatoms. The van der Waals surface area contributed by atoms with Crippen LogP contribution in [-0.2, 0) is 16.0 Å². The van der Waals surface area contributed by atoms with Gasteiger partial charge in [-0.15, -0.1) is 24.0 Å². The number of nitrogens with one attached hydrogen (secondary N) is 2. The lowest BCUT2D eigenvalue weighted by molar-refractivity contribution is -0.147. The molecule has 1 saturated heterocycles. The van der Waals surface area contributed by atoms with E-state index in [9.17, 15) is 9.59 Å². The van der Waals surface area contributed by atoms with Crippen LogP contribution in [0.3, 0.4) is 0 Å². The molecule has 2 N–H and O–H groups in total. The molecular formula is C17H24ClIN4O2. The number of guanidine groups is 1. The predicted octanol–water partition coefficient (Wildman–Crippen LogP) is 2.20. The van der Waals surface area contributed by atoms with Crippen LogP contribution in [0.5, 0.6) is 0 Å². The molecule has 0 unspecified atom stereocenters. The van der Waals surface area contributed by atoms with Crippen molar-refractivity contribution in [1.29, 1.82) is 0 Å². The summed E-state index contributed by atoms with van der Waals surface area (Å²) in [5, 5.41) is 7.06. The van der Waals surface area contributed by atoms with Gasteiger partial charge >= 0.3 is 0 Å². The highest BCUT2D eigenvalue weighted by atomic mass is 127. The van der Waals surface area contributed by atoms with Gasteiger partial charge in [-0.2, -0.15) is 0 Å². The van der Waals surface area contributed by atoms with Gasteiger partial charge in [0.1, 0.15) is 0 Å². The predicted molar refractivity (Wildman–Crippen MR) is 111 cm³/mol. The van der Waals surface area contributed by atoms with Crippen LogP contribution >= 0.6 is 35.6 Å². The Bertz CT molecular complexity index is 591. The fraction of sp³-hybridized carbons (Fsp3) is 0.471. The highest BCUT2D eigenvalue weighted by Crippen LogP contribution is 2.11. The van der Waals surface area contributed by atoms with Gasteiger partial charge in [0.25, 0.3) is 0 Å². The Kier molecular flexibility index (Phi) is 9.81. The Morgan fingerprint density at radius 1 is 1.12 bits per heavy atom. The van der Waals surface area contributed by atoms with Gasteiger partial charge in [-0.3, -0.25) is 19.5 Å². The van der Waals surface area contributed by atoms with Crippen LogP contribution in [0.15, 0.2) is 29.3 Å². The van der Waals surface area contributed by atoms with E-state index >= 15 is 0 Å². The number of rotatable bonds is 6. The summed E-state index contributed by atoms with van der Waals surface area (Å²) >= 11 is 5.86. The third kappa shape index (κ3) is 7.19. The molecule has 2 amide bonds. The summed E-state index contributed by atoms with van der Waals surface area (Å²) in [7, 11) is 1.69. The zero-order valence-corrected chi connectivity index (χ0v) is 17.3. The zero-order valence-electron chi connectivity index (χ0n) is 14.3. The van der Waals surface area contributed by atoms with Gasteiger partial charge in [-0.05, 0) is 30.5 Å². The Morgan fingerprint density at radius 3 is 2.32 bits per heavy atom. The first kappa shape index (κ1) is 21.7. The third-order valence-electron chi connectivity index (χ3n) is 3.85. The van der Waals surface area contributed by atoms with E-state index in [0.29, 0.717) is 38.3 Å². The van der Waals surface area contributed by atoms with Gasteiger partial charge < -0.3 is 10.6 Å². The number of likely N-dealkylation sites (tertiary alicyclic amines) is 1. The lowest BCUT2D eigenvalue weighted by Crippen LogP contribution is -2.46.